The number of aliphatic hydroxyl groups excluding tert-OH is 1. The van der Waals surface area contributed by atoms with E-state index in [1.807, 2.05) is 0 Å². The van der Waals surface area contributed by atoms with Gasteiger partial charge in [0.05, 0.1) is 0 Å². The van der Waals surface area contributed by atoms with Crippen LogP contribution in [0.15, 0.2) is 0 Å². The zero-order valence-corrected chi connectivity index (χ0v) is 9.16. The highest BCUT2D eigenvalue weighted by Gasteiger charge is 2.03. The van der Waals surface area contributed by atoms with Crippen molar-refractivity contribution in [2.45, 2.75) is 36.0 Å². The third-order valence-corrected chi connectivity index (χ3v) is 2.85. The molecule has 0 spiro atoms. The number of aliphatic hydroxyl groups is 1. The quantitative estimate of drug-likeness (QED) is 0.426. The molecule has 12 heavy (non-hydrogen) atoms. The van der Waals surface area contributed by atoms with Gasteiger partial charge in [0.2, 0.25) is 0 Å². The topological polar surface area (TPSA) is 57.5 Å². The van der Waals surface area contributed by atoms with Crippen LogP contribution in [-0.4, -0.2) is 26.7 Å². The Balaban J connectivity index is 3.13. The van der Waals surface area contributed by atoms with Crippen molar-refractivity contribution < 1.29 is 15.0 Å². The van der Waals surface area contributed by atoms with Crippen molar-refractivity contribution in [3.8, 4) is 0 Å². The van der Waals surface area contributed by atoms with Crippen molar-refractivity contribution >= 4 is 28.6 Å². The van der Waals surface area contributed by atoms with E-state index in [0.717, 1.165) is 25.7 Å². The van der Waals surface area contributed by atoms with Crippen LogP contribution in [0.5, 0.6) is 0 Å². The van der Waals surface area contributed by atoms with Crippen LogP contribution in [0.4, 0.5) is 0 Å². The van der Waals surface area contributed by atoms with E-state index in [-0.39, 0.29) is 13.0 Å². The van der Waals surface area contributed by atoms with Crippen LogP contribution >= 0.6 is 22.6 Å². The van der Waals surface area contributed by atoms with E-state index < -0.39 is 5.97 Å². The molecule has 0 bridgehead atoms. The molecule has 0 saturated heterocycles. The Bertz CT molecular complexity index is 127. The number of hydrogen-bond acceptors (Lipinski definition) is 2. The minimum Gasteiger partial charge on any atom is -0.481 e. The van der Waals surface area contributed by atoms with Crippen molar-refractivity contribution in [1.82, 2.24) is 0 Å². The lowest BCUT2D eigenvalue weighted by Crippen LogP contribution is -2.01. The van der Waals surface area contributed by atoms with Crippen molar-refractivity contribution in [3.63, 3.8) is 0 Å². The summed E-state index contributed by atoms with van der Waals surface area (Å²) in [7, 11) is 0. The van der Waals surface area contributed by atoms with E-state index in [9.17, 15) is 4.79 Å². The maximum absolute atomic E-state index is 10.1. The third kappa shape index (κ3) is 8.26. The van der Waals surface area contributed by atoms with Crippen LogP contribution in [0.25, 0.3) is 0 Å². The molecule has 0 heterocycles. The summed E-state index contributed by atoms with van der Waals surface area (Å²) in [5.74, 6) is -0.720. The Morgan fingerprint density at radius 2 is 2.00 bits per heavy atom. The van der Waals surface area contributed by atoms with Gasteiger partial charge in [-0.15, -0.1) is 0 Å². The standard InChI is InChI=1S/C8H15IO3/c9-7(5-6-10)3-1-2-4-8(11)12/h7,10H,1-6H2,(H,11,12)/t7-/m0/s1. The summed E-state index contributed by atoms with van der Waals surface area (Å²) >= 11 is 2.29. The number of carbonyl (C=O) groups is 1. The maximum Gasteiger partial charge on any atom is 0.303 e. The summed E-state index contributed by atoms with van der Waals surface area (Å²) in [6, 6.07) is 0. The van der Waals surface area contributed by atoms with E-state index >= 15 is 0 Å². The Labute approximate surface area is 86.3 Å². The van der Waals surface area contributed by atoms with Gasteiger partial charge in [-0.25, -0.2) is 0 Å². The molecule has 0 amide bonds. The molecule has 72 valence electrons. The Kier molecular flexibility index (Phi) is 7.89. The fraction of sp³-hybridized carbons (Fsp3) is 0.875. The number of halogens is 1. The van der Waals surface area contributed by atoms with Gasteiger partial charge in [-0.1, -0.05) is 29.0 Å². The lowest BCUT2D eigenvalue weighted by molar-refractivity contribution is -0.137. The van der Waals surface area contributed by atoms with E-state index in [4.69, 9.17) is 10.2 Å². The number of alkyl halides is 1. The van der Waals surface area contributed by atoms with Crippen LogP contribution in [-0.2, 0) is 4.79 Å². The van der Waals surface area contributed by atoms with Crippen molar-refractivity contribution in [3.05, 3.63) is 0 Å². The zero-order valence-electron chi connectivity index (χ0n) is 7.00. The van der Waals surface area contributed by atoms with Crippen molar-refractivity contribution in [2.24, 2.45) is 0 Å². The summed E-state index contributed by atoms with van der Waals surface area (Å²) < 4.78 is 0.487. The van der Waals surface area contributed by atoms with Gasteiger partial charge in [-0.2, -0.15) is 0 Å². The number of carboxylic acids is 1. The molecule has 0 aliphatic rings. The molecular formula is C8H15IO3. The second-order valence-corrected chi connectivity index (χ2v) is 4.51. The fourth-order valence-electron chi connectivity index (χ4n) is 0.926. The van der Waals surface area contributed by atoms with Crippen LogP contribution in [0, 0.1) is 0 Å². The second kappa shape index (κ2) is 7.79. The van der Waals surface area contributed by atoms with Crippen LogP contribution in [0.2, 0.25) is 0 Å². The Morgan fingerprint density at radius 1 is 1.33 bits per heavy atom. The molecule has 3 nitrogen and oxygen atoms in total. The third-order valence-electron chi connectivity index (χ3n) is 1.60. The molecule has 4 heteroatoms. The van der Waals surface area contributed by atoms with Crippen LogP contribution < -0.4 is 0 Å². The van der Waals surface area contributed by atoms with Gasteiger partial charge < -0.3 is 10.2 Å². The number of carboxylic acid groups (broad SMARTS) is 1. The normalized spacial score (nSPS) is 12.8. The summed E-state index contributed by atoms with van der Waals surface area (Å²) in [5.41, 5.74) is 0. The molecular weight excluding hydrogens is 271 g/mol. The maximum atomic E-state index is 10.1. The predicted molar refractivity (Wildman–Crippen MR) is 55.6 cm³/mol. The zero-order chi connectivity index (χ0) is 9.40. The highest BCUT2D eigenvalue weighted by Crippen LogP contribution is 2.14. The van der Waals surface area contributed by atoms with E-state index in [2.05, 4.69) is 22.6 Å². The number of hydrogen-bond donors (Lipinski definition) is 2. The second-order valence-electron chi connectivity index (χ2n) is 2.75. The number of unbranched alkanes of at least 4 members (excludes halogenated alkanes) is 1. The molecule has 2 N–H and O–H groups in total. The molecule has 0 aromatic rings. The van der Waals surface area contributed by atoms with Gasteiger partial charge in [0.15, 0.2) is 0 Å². The molecule has 0 unspecified atom stereocenters. The Morgan fingerprint density at radius 3 is 2.50 bits per heavy atom. The summed E-state index contributed by atoms with van der Waals surface area (Å²) in [6.07, 6.45) is 3.78. The average molecular weight is 286 g/mol. The van der Waals surface area contributed by atoms with Gasteiger partial charge in [0.1, 0.15) is 0 Å². The number of rotatable bonds is 7. The summed E-state index contributed by atoms with van der Waals surface area (Å²) in [4.78, 5) is 10.1. The largest absolute Gasteiger partial charge is 0.481 e. The highest BCUT2D eigenvalue weighted by molar-refractivity contribution is 14.1. The molecule has 0 aromatic carbocycles. The number of aliphatic carboxylic acids is 1. The van der Waals surface area contributed by atoms with Crippen molar-refractivity contribution in [2.75, 3.05) is 6.61 Å². The van der Waals surface area contributed by atoms with Gasteiger partial charge in [-0.3, -0.25) is 4.79 Å². The first kappa shape index (κ1) is 12.2. The first-order valence-electron chi connectivity index (χ1n) is 4.13. The SMILES string of the molecule is O=C(O)CCCC[C@H](I)CCO. The Hall–Kier alpha value is 0.160. The molecule has 0 rings (SSSR count). The molecule has 0 aromatic heterocycles. The van der Waals surface area contributed by atoms with Crippen LogP contribution in [0.1, 0.15) is 32.1 Å². The van der Waals surface area contributed by atoms with Gasteiger partial charge in [0.25, 0.3) is 0 Å². The van der Waals surface area contributed by atoms with Crippen LogP contribution in [0.3, 0.4) is 0 Å². The average Bonchev–Trinajstić information content (AvgIpc) is 1.98. The molecule has 0 radical (unpaired) electrons. The van der Waals surface area contributed by atoms with Crippen molar-refractivity contribution in [1.29, 1.82) is 0 Å². The first-order valence-corrected chi connectivity index (χ1v) is 5.38. The highest BCUT2D eigenvalue weighted by atomic mass is 127. The lowest BCUT2D eigenvalue weighted by atomic mass is 10.1. The van der Waals surface area contributed by atoms with Gasteiger partial charge in [-0.05, 0) is 19.3 Å². The predicted octanol–water partition coefficient (Wildman–Crippen LogP) is 1.82. The monoisotopic (exact) mass is 286 g/mol. The van der Waals surface area contributed by atoms with E-state index in [0.29, 0.717) is 3.92 Å². The first-order chi connectivity index (χ1) is 5.66. The molecule has 0 aliphatic heterocycles. The molecule has 0 aliphatic carbocycles. The smallest absolute Gasteiger partial charge is 0.303 e. The molecule has 1 atom stereocenters. The van der Waals surface area contributed by atoms with Gasteiger partial charge in [0, 0.05) is 17.0 Å². The minimum atomic E-state index is -0.720. The summed E-state index contributed by atoms with van der Waals surface area (Å²) in [6.45, 7) is 0.229. The fourth-order valence-corrected chi connectivity index (χ4v) is 1.65. The minimum absolute atomic E-state index is 0.229. The lowest BCUT2D eigenvalue weighted by Gasteiger charge is -2.05. The van der Waals surface area contributed by atoms with E-state index in [1.54, 1.807) is 0 Å². The molecule has 0 saturated carbocycles. The molecule has 0 fully saturated rings. The summed E-state index contributed by atoms with van der Waals surface area (Å²) in [5, 5.41) is 16.9. The van der Waals surface area contributed by atoms with Gasteiger partial charge >= 0.3 is 5.97 Å². The van der Waals surface area contributed by atoms with E-state index in [1.165, 1.54) is 0 Å².